The molecule has 2 rings (SSSR count). The highest BCUT2D eigenvalue weighted by atomic mass is 16.4. The molecule has 0 saturated heterocycles. The lowest BCUT2D eigenvalue weighted by molar-refractivity contribution is -0.137. The molecule has 1 saturated carbocycles. The molecule has 0 atom stereocenters. The number of carboxylic acids is 1. The Morgan fingerprint density at radius 1 is 1.62 bits per heavy atom. The Morgan fingerprint density at radius 2 is 2.31 bits per heavy atom. The van der Waals surface area contributed by atoms with Gasteiger partial charge in [-0.25, -0.2) is 0 Å². The number of amides is 1. The third-order valence-corrected chi connectivity index (χ3v) is 2.55. The number of aromatic nitrogens is 2. The minimum atomic E-state index is -1.03. The molecule has 86 valence electrons. The van der Waals surface area contributed by atoms with E-state index in [4.69, 9.17) is 5.11 Å². The minimum absolute atomic E-state index is 0.283. The number of carbonyl (C=O) groups excluding carboxylic acids is 1. The number of nitrogens with one attached hydrogen (secondary N) is 1. The fourth-order valence-electron chi connectivity index (χ4n) is 1.52. The van der Waals surface area contributed by atoms with Crippen LogP contribution in [-0.4, -0.2) is 45.7 Å². The van der Waals surface area contributed by atoms with Crippen molar-refractivity contribution < 1.29 is 14.7 Å². The van der Waals surface area contributed by atoms with Crippen LogP contribution in [0.1, 0.15) is 34.9 Å². The summed E-state index contributed by atoms with van der Waals surface area (Å²) in [6.07, 6.45) is 2.25. The van der Waals surface area contributed by atoms with Crippen molar-refractivity contribution in [3.8, 4) is 0 Å². The van der Waals surface area contributed by atoms with Crippen molar-refractivity contribution in [1.82, 2.24) is 15.1 Å². The molecule has 6 heteroatoms. The van der Waals surface area contributed by atoms with Gasteiger partial charge >= 0.3 is 5.97 Å². The summed E-state index contributed by atoms with van der Waals surface area (Å²) in [7, 11) is 1.45. The molecular formula is C10H13N3O3. The number of nitrogens with zero attached hydrogens (tertiary/aromatic N) is 2. The minimum Gasteiger partial charge on any atom is -0.480 e. The molecule has 0 aliphatic heterocycles. The van der Waals surface area contributed by atoms with Gasteiger partial charge in [-0.3, -0.25) is 14.7 Å². The summed E-state index contributed by atoms with van der Waals surface area (Å²) in [4.78, 5) is 23.3. The van der Waals surface area contributed by atoms with Crippen LogP contribution in [0.3, 0.4) is 0 Å². The number of carboxylic acid groups (broad SMARTS) is 1. The average Bonchev–Trinajstić information content (AvgIpc) is 2.95. The summed E-state index contributed by atoms with van der Waals surface area (Å²) in [5.74, 6) is -0.904. The quantitative estimate of drug-likeness (QED) is 0.775. The lowest BCUT2D eigenvalue weighted by Crippen LogP contribution is -2.32. The molecule has 1 aromatic rings. The molecule has 1 aromatic heterocycles. The van der Waals surface area contributed by atoms with Crippen LogP contribution in [0.2, 0.25) is 0 Å². The molecule has 0 bridgehead atoms. The largest absolute Gasteiger partial charge is 0.480 e. The number of carbonyl (C=O) groups is 2. The first-order valence-electron chi connectivity index (χ1n) is 5.10. The van der Waals surface area contributed by atoms with E-state index in [9.17, 15) is 9.59 Å². The summed E-state index contributed by atoms with van der Waals surface area (Å²) in [5, 5.41) is 15.3. The van der Waals surface area contributed by atoms with Crippen LogP contribution >= 0.6 is 0 Å². The predicted molar refractivity (Wildman–Crippen MR) is 55.2 cm³/mol. The Balaban J connectivity index is 2.04. The van der Waals surface area contributed by atoms with E-state index in [0.717, 1.165) is 23.4 Å². The standard InChI is InChI=1S/C10H13N3O3/c1-13(5-9(14)15)10(16)8-4-7(11-12-8)6-2-3-6/h4,6H,2-3,5H2,1H3,(H,11,12)(H,14,15). The van der Waals surface area contributed by atoms with Crippen molar-refractivity contribution in [3.05, 3.63) is 17.5 Å². The van der Waals surface area contributed by atoms with E-state index in [1.165, 1.54) is 7.05 Å². The molecule has 1 fully saturated rings. The highest BCUT2D eigenvalue weighted by Gasteiger charge is 2.27. The van der Waals surface area contributed by atoms with Gasteiger partial charge in [-0.2, -0.15) is 5.10 Å². The Morgan fingerprint density at radius 3 is 2.88 bits per heavy atom. The van der Waals surface area contributed by atoms with E-state index in [-0.39, 0.29) is 18.1 Å². The van der Waals surface area contributed by atoms with Gasteiger partial charge in [0.2, 0.25) is 0 Å². The molecule has 1 heterocycles. The van der Waals surface area contributed by atoms with E-state index >= 15 is 0 Å². The van der Waals surface area contributed by atoms with Crippen molar-refractivity contribution in [2.45, 2.75) is 18.8 Å². The van der Waals surface area contributed by atoms with Crippen LogP contribution in [-0.2, 0) is 4.79 Å². The number of hydrogen-bond donors (Lipinski definition) is 2. The molecule has 1 amide bonds. The zero-order valence-electron chi connectivity index (χ0n) is 8.93. The van der Waals surface area contributed by atoms with Crippen LogP contribution in [0.25, 0.3) is 0 Å². The second-order valence-corrected chi connectivity index (χ2v) is 4.04. The van der Waals surface area contributed by atoms with Crippen molar-refractivity contribution >= 4 is 11.9 Å². The predicted octanol–water partition coefficient (Wildman–Crippen LogP) is 0.444. The van der Waals surface area contributed by atoms with Gasteiger partial charge in [0.15, 0.2) is 0 Å². The lowest BCUT2D eigenvalue weighted by atomic mass is 10.2. The Labute approximate surface area is 92.3 Å². The third-order valence-electron chi connectivity index (χ3n) is 2.55. The van der Waals surface area contributed by atoms with Crippen molar-refractivity contribution in [2.24, 2.45) is 0 Å². The van der Waals surface area contributed by atoms with Crippen molar-refractivity contribution in [1.29, 1.82) is 0 Å². The Kier molecular flexibility index (Phi) is 2.64. The number of H-pyrrole nitrogens is 1. The van der Waals surface area contributed by atoms with Crippen LogP contribution in [0.5, 0.6) is 0 Å². The van der Waals surface area contributed by atoms with Gasteiger partial charge in [-0.1, -0.05) is 0 Å². The first kappa shape index (κ1) is 10.7. The van der Waals surface area contributed by atoms with Crippen LogP contribution in [0.4, 0.5) is 0 Å². The van der Waals surface area contributed by atoms with Gasteiger partial charge in [-0.15, -0.1) is 0 Å². The summed E-state index contributed by atoms with van der Waals surface area (Å²) >= 11 is 0. The number of aliphatic carboxylic acids is 1. The number of rotatable bonds is 4. The summed E-state index contributed by atoms with van der Waals surface area (Å²) in [5.41, 5.74) is 1.25. The monoisotopic (exact) mass is 223 g/mol. The van der Waals surface area contributed by atoms with Gasteiger partial charge in [0.05, 0.1) is 0 Å². The smallest absolute Gasteiger partial charge is 0.323 e. The fourth-order valence-corrected chi connectivity index (χ4v) is 1.52. The van der Waals surface area contributed by atoms with Crippen molar-refractivity contribution in [2.75, 3.05) is 13.6 Å². The molecule has 0 spiro atoms. The van der Waals surface area contributed by atoms with Gasteiger partial charge in [0.25, 0.3) is 5.91 Å². The summed E-state index contributed by atoms with van der Waals surface area (Å²) in [6.45, 7) is -0.315. The zero-order chi connectivity index (χ0) is 11.7. The summed E-state index contributed by atoms with van der Waals surface area (Å²) < 4.78 is 0. The van der Waals surface area contributed by atoms with E-state index in [1.54, 1.807) is 6.07 Å². The fraction of sp³-hybridized carbons (Fsp3) is 0.500. The average molecular weight is 223 g/mol. The first-order valence-corrected chi connectivity index (χ1v) is 5.10. The maximum atomic E-state index is 11.7. The number of hydrogen-bond acceptors (Lipinski definition) is 3. The molecule has 0 unspecified atom stereocenters. The molecule has 6 nitrogen and oxygen atoms in total. The Hall–Kier alpha value is -1.85. The molecule has 16 heavy (non-hydrogen) atoms. The SMILES string of the molecule is CN(CC(=O)O)C(=O)c1cc(C2CC2)[nH]n1. The van der Waals surface area contributed by atoms with Crippen LogP contribution in [0.15, 0.2) is 6.07 Å². The second kappa shape index (κ2) is 3.96. The molecule has 0 radical (unpaired) electrons. The first-order chi connectivity index (χ1) is 7.58. The van der Waals surface area contributed by atoms with Gasteiger partial charge in [-0.05, 0) is 18.9 Å². The normalized spacial score (nSPS) is 14.8. The van der Waals surface area contributed by atoms with Crippen molar-refractivity contribution in [3.63, 3.8) is 0 Å². The maximum absolute atomic E-state index is 11.7. The molecule has 1 aliphatic carbocycles. The van der Waals surface area contributed by atoms with E-state index in [0.29, 0.717) is 5.92 Å². The van der Waals surface area contributed by atoms with Gasteiger partial charge in [0.1, 0.15) is 12.2 Å². The van der Waals surface area contributed by atoms with Crippen LogP contribution in [0, 0.1) is 0 Å². The van der Waals surface area contributed by atoms with E-state index in [2.05, 4.69) is 10.2 Å². The molecule has 0 aromatic carbocycles. The molecular weight excluding hydrogens is 210 g/mol. The van der Waals surface area contributed by atoms with Gasteiger partial charge < -0.3 is 10.0 Å². The Bertz CT molecular complexity index is 423. The highest BCUT2D eigenvalue weighted by Crippen LogP contribution is 2.39. The maximum Gasteiger partial charge on any atom is 0.323 e. The number of likely N-dealkylation sites (N-methyl/N-ethyl adjacent to an activating group) is 1. The highest BCUT2D eigenvalue weighted by molar-refractivity contribution is 5.94. The van der Waals surface area contributed by atoms with E-state index in [1.807, 2.05) is 0 Å². The second-order valence-electron chi connectivity index (χ2n) is 4.04. The van der Waals surface area contributed by atoms with Gasteiger partial charge in [0, 0.05) is 18.7 Å². The zero-order valence-corrected chi connectivity index (χ0v) is 8.93. The van der Waals surface area contributed by atoms with Crippen LogP contribution < -0.4 is 0 Å². The topological polar surface area (TPSA) is 86.3 Å². The third kappa shape index (κ3) is 2.21. The number of aromatic amines is 1. The van der Waals surface area contributed by atoms with E-state index < -0.39 is 5.97 Å². The lowest BCUT2D eigenvalue weighted by Gasteiger charge is -2.11. The molecule has 2 N–H and O–H groups in total. The molecule has 1 aliphatic rings. The summed E-state index contributed by atoms with van der Waals surface area (Å²) in [6, 6.07) is 1.71.